The fourth-order valence-electron chi connectivity index (χ4n) is 2.49. The second-order valence-corrected chi connectivity index (χ2v) is 9.51. The summed E-state index contributed by atoms with van der Waals surface area (Å²) >= 11 is 1.11. The van der Waals surface area contributed by atoms with Crippen molar-refractivity contribution in [2.45, 2.75) is 23.2 Å². The predicted molar refractivity (Wildman–Crippen MR) is 105 cm³/mol. The second kappa shape index (κ2) is 9.26. The topological polar surface area (TPSA) is 142 Å². The molecule has 154 valence electrons. The van der Waals surface area contributed by atoms with Crippen molar-refractivity contribution >= 4 is 39.4 Å². The summed E-state index contributed by atoms with van der Waals surface area (Å²) in [6.07, 6.45) is 0. The first-order valence-corrected chi connectivity index (χ1v) is 11.0. The lowest BCUT2D eigenvalue weighted by Crippen LogP contribution is -2.48. The molecule has 2 atom stereocenters. The summed E-state index contributed by atoms with van der Waals surface area (Å²) in [4.78, 5) is 36.2. The highest BCUT2D eigenvalue weighted by molar-refractivity contribution is 8.01. The highest BCUT2D eigenvalue weighted by Gasteiger charge is 2.34. The number of benzene rings is 1. The number of hydrogen-bond donors (Lipinski definition) is 3. The first-order valence-electron chi connectivity index (χ1n) is 8.34. The predicted octanol–water partition coefficient (Wildman–Crippen LogP) is -0.661. The molecular formula is C16H23N5O5S2. The molecular weight excluding hydrogens is 406 g/mol. The zero-order chi connectivity index (χ0) is 20.9. The summed E-state index contributed by atoms with van der Waals surface area (Å²) in [5, 5.41) is 3.22. The number of sulfone groups is 1. The molecule has 0 radical (unpaired) electrons. The summed E-state index contributed by atoms with van der Waals surface area (Å²) < 4.78 is 25.6. The van der Waals surface area contributed by atoms with Crippen LogP contribution in [0.2, 0.25) is 0 Å². The van der Waals surface area contributed by atoms with Crippen LogP contribution in [-0.2, 0) is 19.4 Å². The van der Waals surface area contributed by atoms with Gasteiger partial charge in [0.1, 0.15) is 6.04 Å². The quantitative estimate of drug-likeness (QED) is 0.473. The summed E-state index contributed by atoms with van der Waals surface area (Å²) in [6, 6.07) is 6.63. The van der Waals surface area contributed by atoms with Gasteiger partial charge in [0.2, 0.25) is 11.8 Å². The molecule has 0 aromatic heterocycles. The number of primary amides is 1. The Balaban J connectivity index is 2.19. The molecule has 1 saturated heterocycles. The lowest BCUT2D eigenvalue weighted by atomic mass is 10.3. The fourth-order valence-corrected chi connectivity index (χ4v) is 5.69. The number of hydrazine groups is 1. The molecule has 0 bridgehead atoms. The van der Waals surface area contributed by atoms with E-state index in [2.05, 4.69) is 10.7 Å². The standard InChI is InChI=1S/C16H23N5O5S2/c1-11(22)18-13(15(17)23)8-27-14(21-10-20(2)16(24)19-21)9-28(25,26)12-6-4-3-5-7-12/h3-7,13-14H,8-10H2,1-2H3,(H2,17,23)(H,18,22)(H,19,24)/t13-,14?/m0/s1. The molecule has 4 N–H and O–H groups in total. The normalized spacial score (nSPS) is 17.1. The van der Waals surface area contributed by atoms with Crippen LogP contribution in [0.5, 0.6) is 0 Å². The number of urea groups is 1. The third-order valence-electron chi connectivity index (χ3n) is 3.94. The Morgan fingerprint density at radius 2 is 1.96 bits per heavy atom. The fraction of sp³-hybridized carbons (Fsp3) is 0.438. The van der Waals surface area contributed by atoms with E-state index in [1.54, 1.807) is 25.2 Å². The third-order valence-corrected chi connectivity index (χ3v) is 7.23. The molecule has 12 heteroatoms. The van der Waals surface area contributed by atoms with Crippen LogP contribution in [0.15, 0.2) is 35.2 Å². The van der Waals surface area contributed by atoms with E-state index in [0.717, 1.165) is 11.8 Å². The monoisotopic (exact) mass is 429 g/mol. The van der Waals surface area contributed by atoms with Gasteiger partial charge in [-0.25, -0.2) is 13.2 Å². The number of nitrogens with one attached hydrogen (secondary N) is 2. The van der Waals surface area contributed by atoms with Gasteiger partial charge in [-0.3, -0.25) is 15.0 Å². The highest BCUT2D eigenvalue weighted by Crippen LogP contribution is 2.23. The van der Waals surface area contributed by atoms with Crippen LogP contribution in [0.4, 0.5) is 4.79 Å². The minimum absolute atomic E-state index is 0.0555. The van der Waals surface area contributed by atoms with E-state index in [4.69, 9.17) is 5.73 Å². The van der Waals surface area contributed by atoms with E-state index < -0.39 is 33.1 Å². The minimum Gasteiger partial charge on any atom is -0.368 e. The van der Waals surface area contributed by atoms with Crippen molar-refractivity contribution in [3.05, 3.63) is 30.3 Å². The van der Waals surface area contributed by atoms with Crippen LogP contribution in [0.25, 0.3) is 0 Å². The molecule has 1 unspecified atom stereocenters. The van der Waals surface area contributed by atoms with E-state index in [1.807, 2.05) is 0 Å². The number of carbonyl (C=O) groups is 3. The molecule has 10 nitrogen and oxygen atoms in total. The molecule has 2 rings (SSSR count). The van der Waals surface area contributed by atoms with Crippen molar-refractivity contribution in [2.75, 3.05) is 25.2 Å². The highest BCUT2D eigenvalue weighted by atomic mass is 32.2. The molecule has 0 spiro atoms. The zero-order valence-electron chi connectivity index (χ0n) is 15.5. The van der Waals surface area contributed by atoms with Gasteiger partial charge in [-0.2, -0.15) is 5.01 Å². The number of amides is 4. The zero-order valence-corrected chi connectivity index (χ0v) is 17.1. The van der Waals surface area contributed by atoms with Crippen LogP contribution in [0.3, 0.4) is 0 Å². The minimum atomic E-state index is -3.66. The Labute approximate surface area is 167 Å². The number of thioether (sulfide) groups is 1. The van der Waals surface area contributed by atoms with Gasteiger partial charge < -0.3 is 16.0 Å². The molecule has 1 aromatic rings. The Morgan fingerprint density at radius 1 is 1.32 bits per heavy atom. The molecule has 0 aliphatic carbocycles. The van der Waals surface area contributed by atoms with Gasteiger partial charge in [0.25, 0.3) is 0 Å². The number of carbonyl (C=O) groups excluding carboxylic acids is 3. The molecule has 1 aliphatic rings. The molecule has 0 saturated carbocycles. The van der Waals surface area contributed by atoms with Crippen molar-refractivity contribution in [1.29, 1.82) is 0 Å². The first kappa shape index (κ1) is 22.0. The van der Waals surface area contributed by atoms with E-state index in [1.165, 1.54) is 29.0 Å². The molecule has 1 aliphatic heterocycles. The maximum Gasteiger partial charge on any atom is 0.332 e. The van der Waals surface area contributed by atoms with E-state index in [9.17, 15) is 22.8 Å². The molecule has 28 heavy (non-hydrogen) atoms. The molecule has 1 heterocycles. The Hall–Kier alpha value is -2.31. The van der Waals surface area contributed by atoms with Crippen LogP contribution in [0.1, 0.15) is 6.92 Å². The van der Waals surface area contributed by atoms with Crippen LogP contribution in [0, 0.1) is 0 Å². The van der Waals surface area contributed by atoms with Crippen LogP contribution < -0.4 is 16.5 Å². The second-order valence-electron chi connectivity index (χ2n) is 6.26. The van der Waals surface area contributed by atoms with Gasteiger partial charge in [-0.15, -0.1) is 11.8 Å². The number of rotatable bonds is 9. The Kier molecular flexibility index (Phi) is 7.27. The SMILES string of the molecule is CC(=O)N[C@@H](CSC(CS(=O)(=O)c1ccccc1)N1CN(C)C(=O)N1)C(N)=O. The maximum atomic E-state index is 12.8. The Morgan fingerprint density at radius 3 is 2.46 bits per heavy atom. The van der Waals surface area contributed by atoms with Crippen molar-refractivity contribution in [3.63, 3.8) is 0 Å². The van der Waals surface area contributed by atoms with Gasteiger partial charge in [0, 0.05) is 19.7 Å². The van der Waals surface area contributed by atoms with E-state index in [0.29, 0.717) is 0 Å². The van der Waals surface area contributed by atoms with Crippen molar-refractivity contribution < 1.29 is 22.8 Å². The van der Waals surface area contributed by atoms with Gasteiger partial charge >= 0.3 is 6.03 Å². The largest absolute Gasteiger partial charge is 0.368 e. The number of nitrogens with zero attached hydrogens (tertiary/aromatic N) is 2. The molecule has 1 aromatic carbocycles. The van der Waals surface area contributed by atoms with Crippen LogP contribution >= 0.6 is 11.8 Å². The summed E-state index contributed by atoms with van der Waals surface area (Å²) in [6.45, 7) is 1.43. The maximum absolute atomic E-state index is 12.8. The van der Waals surface area contributed by atoms with Gasteiger partial charge in [0.15, 0.2) is 9.84 Å². The van der Waals surface area contributed by atoms with Gasteiger partial charge in [-0.05, 0) is 12.1 Å². The average Bonchev–Trinajstić information content (AvgIpc) is 2.96. The number of hydrogen-bond acceptors (Lipinski definition) is 7. The Bertz CT molecular complexity index is 833. The van der Waals surface area contributed by atoms with E-state index >= 15 is 0 Å². The van der Waals surface area contributed by atoms with Crippen molar-refractivity contribution in [2.24, 2.45) is 5.73 Å². The van der Waals surface area contributed by atoms with E-state index in [-0.39, 0.29) is 29.1 Å². The lowest BCUT2D eigenvalue weighted by Gasteiger charge is -2.27. The first-order chi connectivity index (χ1) is 13.1. The average molecular weight is 430 g/mol. The van der Waals surface area contributed by atoms with Crippen molar-refractivity contribution in [3.8, 4) is 0 Å². The number of nitrogens with two attached hydrogens (primary N) is 1. The summed E-state index contributed by atoms with van der Waals surface area (Å²) in [7, 11) is -2.08. The third kappa shape index (κ3) is 5.84. The smallest absolute Gasteiger partial charge is 0.332 e. The molecule has 1 fully saturated rings. The lowest BCUT2D eigenvalue weighted by molar-refractivity contribution is -0.125. The summed E-state index contributed by atoms with van der Waals surface area (Å²) in [5.41, 5.74) is 7.91. The summed E-state index contributed by atoms with van der Waals surface area (Å²) in [5.74, 6) is -1.40. The molecule has 4 amide bonds. The van der Waals surface area contributed by atoms with Gasteiger partial charge in [0.05, 0.1) is 22.7 Å². The van der Waals surface area contributed by atoms with Gasteiger partial charge in [-0.1, -0.05) is 18.2 Å². The van der Waals surface area contributed by atoms with Crippen molar-refractivity contribution in [1.82, 2.24) is 20.7 Å². The van der Waals surface area contributed by atoms with Crippen LogP contribution in [-0.4, -0.2) is 72.8 Å².